The Morgan fingerprint density at radius 1 is 1.48 bits per heavy atom. The van der Waals surface area contributed by atoms with Gasteiger partial charge in [0.05, 0.1) is 6.61 Å². The lowest BCUT2D eigenvalue weighted by molar-refractivity contribution is 0.0530. The third-order valence-corrected chi connectivity index (χ3v) is 5.21. The summed E-state index contributed by atoms with van der Waals surface area (Å²) in [6.45, 7) is 3.83. The summed E-state index contributed by atoms with van der Waals surface area (Å²) in [7, 11) is 0. The first-order valence-electron chi connectivity index (χ1n) is 7.56. The maximum Gasteiger partial charge on any atom is 0.290 e. The van der Waals surface area contributed by atoms with Gasteiger partial charge in [0.25, 0.3) is 5.91 Å². The largest absolute Gasteiger partial charge is 0.456 e. The quantitative estimate of drug-likeness (QED) is 0.920. The molecule has 0 spiro atoms. The van der Waals surface area contributed by atoms with E-state index in [9.17, 15) is 14.7 Å². The zero-order valence-electron chi connectivity index (χ0n) is 12.5. The van der Waals surface area contributed by atoms with E-state index in [1.807, 2.05) is 4.90 Å². The fourth-order valence-electron chi connectivity index (χ4n) is 4.10. The van der Waals surface area contributed by atoms with Gasteiger partial charge in [-0.25, -0.2) is 0 Å². The van der Waals surface area contributed by atoms with Crippen LogP contribution in [0, 0.1) is 12.3 Å². The van der Waals surface area contributed by atoms with Gasteiger partial charge in [0.2, 0.25) is 0 Å². The molecule has 0 saturated carbocycles. The molecule has 3 rings (SSSR count). The number of aryl methyl sites for hydroxylation is 1. The van der Waals surface area contributed by atoms with E-state index in [4.69, 9.17) is 4.42 Å². The van der Waals surface area contributed by atoms with Crippen molar-refractivity contribution in [1.82, 2.24) is 4.90 Å². The van der Waals surface area contributed by atoms with Crippen LogP contribution in [-0.4, -0.2) is 34.6 Å². The molecule has 0 radical (unpaired) electrons. The number of carbonyl (C=O) groups is 1. The number of amides is 1. The Bertz CT molecular complexity index is 617. The molecule has 2 saturated heterocycles. The molecule has 3 atom stereocenters. The predicted octanol–water partition coefficient (Wildman–Crippen LogP) is 1.71. The second kappa shape index (κ2) is 4.98. The molecular weight excluding hydrogens is 270 g/mol. The molecule has 5 nitrogen and oxygen atoms in total. The van der Waals surface area contributed by atoms with Crippen LogP contribution in [0.4, 0.5) is 0 Å². The van der Waals surface area contributed by atoms with Crippen LogP contribution >= 0.6 is 0 Å². The molecule has 3 heterocycles. The van der Waals surface area contributed by atoms with Crippen LogP contribution in [0.2, 0.25) is 0 Å². The zero-order chi connectivity index (χ0) is 15.2. The van der Waals surface area contributed by atoms with Crippen molar-refractivity contribution in [1.29, 1.82) is 0 Å². The van der Waals surface area contributed by atoms with Crippen LogP contribution in [0.3, 0.4) is 0 Å². The van der Waals surface area contributed by atoms with Gasteiger partial charge in [-0.3, -0.25) is 9.59 Å². The molecule has 2 fully saturated rings. The van der Waals surface area contributed by atoms with Gasteiger partial charge in [-0.1, -0.05) is 6.92 Å². The minimum absolute atomic E-state index is 0.0517. The number of hydrogen-bond acceptors (Lipinski definition) is 4. The highest BCUT2D eigenvalue weighted by Gasteiger charge is 2.56. The third-order valence-electron chi connectivity index (χ3n) is 5.21. The predicted molar refractivity (Wildman–Crippen MR) is 77.1 cm³/mol. The number of aliphatic hydroxyl groups excluding tert-OH is 1. The van der Waals surface area contributed by atoms with Crippen LogP contribution in [0.1, 0.15) is 48.9 Å². The molecule has 1 aromatic rings. The summed E-state index contributed by atoms with van der Waals surface area (Å²) in [5, 5.41) is 9.79. The summed E-state index contributed by atoms with van der Waals surface area (Å²) < 4.78 is 5.44. The van der Waals surface area contributed by atoms with Crippen molar-refractivity contribution in [2.45, 2.75) is 51.6 Å². The van der Waals surface area contributed by atoms with Gasteiger partial charge in [-0.2, -0.15) is 0 Å². The number of fused-ring (bicyclic) bond motifs is 2. The molecule has 0 unspecified atom stereocenters. The van der Waals surface area contributed by atoms with Crippen LogP contribution in [0.15, 0.2) is 21.3 Å². The molecule has 1 aromatic heterocycles. The van der Waals surface area contributed by atoms with E-state index in [0.29, 0.717) is 5.76 Å². The average Bonchev–Trinajstić information content (AvgIpc) is 3.01. The minimum Gasteiger partial charge on any atom is -0.456 e. The normalized spacial score (nSPS) is 30.9. The fourth-order valence-corrected chi connectivity index (χ4v) is 4.10. The molecule has 1 N–H and O–H groups in total. The standard InChI is InChI=1S/C16H21NO4/c1-3-16(9-18)8-11-4-5-14(16)17(11)15(20)13-7-12(19)6-10(2)21-13/h6-7,11,14,18H,3-5,8-9H2,1-2H3/t11-,14+,16-/m1/s1. The van der Waals surface area contributed by atoms with Crippen LogP contribution in [0.25, 0.3) is 0 Å². The smallest absolute Gasteiger partial charge is 0.290 e. The van der Waals surface area contributed by atoms with E-state index in [2.05, 4.69) is 6.92 Å². The Balaban J connectivity index is 1.94. The molecule has 5 heteroatoms. The van der Waals surface area contributed by atoms with Crippen LogP contribution in [-0.2, 0) is 0 Å². The van der Waals surface area contributed by atoms with Crippen LogP contribution < -0.4 is 5.43 Å². The Labute approximate surface area is 123 Å². The number of aliphatic hydroxyl groups is 1. The minimum atomic E-state index is -0.216. The average molecular weight is 291 g/mol. The molecular formula is C16H21NO4. The Morgan fingerprint density at radius 3 is 2.81 bits per heavy atom. The summed E-state index contributed by atoms with van der Waals surface area (Å²) in [5.74, 6) is 0.343. The van der Waals surface area contributed by atoms with E-state index in [-0.39, 0.29) is 41.2 Å². The summed E-state index contributed by atoms with van der Waals surface area (Å²) in [6, 6.07) is 2.84. The molecule has 0 aromatic carbocycles. The van der Waals surface area contributed by atoms with Gasteiger partial charge < -0.3 is 14.4 Å². The van der Waals surface area contributed by atoms with Crippen molar-refractivity contribution in [3.8, 4) is 0 Å². The maximum atomic E-state index is 12.7. The SMILES string of the molecule is CC[C@]1(CO)C[C@H]2CC[C@@H]1N2C(=O)c1cc(=O)cc(C)o1. The van der Waals surface area contributed by atoms with Gasteiger partial charge >= 0.3 is 0 Å². The van der Waals surface area contributed by atoms with E-state index in [0.717, 1.165) is 25.7 Å². The van der Waals surface area contributed by atoms with Crippen molar-refractivity contribution in [2.75, 3.05) is 6.61 Å². The highest BCUT2D eigenvalue weighted by molar-refractivity contribution is 5.92. The Kier molecular flexibility index (Phi) is 3.40. The fraction of sp³-hybridized carbons (Fsp3) is 0.625. The molecule has 2 aliphatic rings. The van der Waals surface area contributed by atoms with Gasteiger partial charge in [0, 0.05) is 29.6 Å². The summed E-state index contributed by atoms with van der Waals surface area (Å²) in [5.41, 5.74) is -0.402. The van der Waals surface area contributed by atoms with E-state index >= 15 is 0 Å². The second-order valence-electron chi connectivity index (χ2n) is 6.31. The van der Waals surface area contributed by atoms with Crippen molar-refractivity contribution < 1.29 is 14.3 Å². The highest BCUT2D eigenvalue weighted by atomic mass is 16.3. The van der Waals surface area contributed by atoms with Gasteiger partial charge in [-0.15, -0.1) is 0 Å². The number of rotatable bonds is 3. The molecule has 114 valence electrons. The Morgan fingerprint density at radius 2 is 2.24 bits per heavy atom. The molecule has 1 amide bonds. The van der Waals surface area contributed by atoms with E-state index in [1.54, 1.807) is 6.92 Å². The first-order chi connectivity index (χ1) is 10.0. The maximum absolute atomic E-state index is 12.7. The van der Waals surface area contributed by atoms with Crippen LogP contribution in [0.5, 0.6) is 0 Å². The summed E-state index contributed by atoms with van der Waals surface area (Å²) in [4.78, 5) is 26.2. The molecule has 21 heavy (non-hydrogen) atoms. The topological polar surface area (TPSA) is 70.8 Å². The molecule has 0 aliphatic carbocycles. The summed E-state index contributed by atoms with van der Waals surface area (Å²) in [6.07, 6.45) is 3.58. The van der Waals surface area contributed by atoms with Gasteiger partial charge in [-0.05, 0) is 32.6 Å². The van der Waals surface area contributed by atoms with E-state index in [1.165, 1.54) is 12.1 Å². The highest BCUT2D eigenvalue weighted by Crippen LogP contribution is 2.51. The molecule has 2 aliphatic heterocycles. The number of nitrogens with zero attached hydrogens (tertiary/aromatic N) is 1. The van der Waals surface area contributed by atoms with Gasteiger partial charge in [0.1, 0.15) is 5.76 Å². The summed E-state index contributed by atoms with van der Waals surface area (Å²) >= 11 is 0. The van der Waals surface area contributed by atoms with Crippen molar-refractivity contribution in [3.63, 3.8) is 0 Å². The van der Waals surface area contributed by atoms with Crippen molar-refractivity contribution in [3.05, 3.63) is 33.9 Å². The third kappa shape index (κ3) is 2.11. The molecule has 2 bridgehead atoms. The number of hydrogen-bond donors (Lipinski definition) is 1. The lowest BCUT2D eigenvalue weighted by Gasteiger charge is -2.34. The van der Waals surface area contributed by atoms with E-state index < -0.39 is 0 Å². The van der Waals surface area contributed by atoms with Gasteiger partial charge in [0.15, 0.2) is 11.2 Å². The van der Waals surface area contributed by atoms with Crippen molar-refractivity contribution in [2.24, 2.45) is 5.41 Å². The van der Waals surface area contributed by atoms with Crippen molar-refractivity contribution >= 4 is 5.91 Å². The Hall–Kier alpha value is -1.62. The number of carbonyl (C=O) groups excluding carboxylic acids is 1. The lowest BCUT2D eigenvalue weighted by Crippen LogP contribution is -2.42. The lowest BCUT2D eigenvalue weighted by atomic mass is 9.72. The monoisotopic (exact) mass is 291 g/mol. The first kappa shape index (κ1) is 14.3. The first-order valence-corrected chi connectivity index (χ1v) is 7.56. The zero-order valence-corrected chi connectivity index (χ0v) is 12.5. The second-order valence-corrected chi connectivity index (χ2v) is 6.31.